The summed E-state index contributed by atoms with van der Waals surface area (Å²) in [5.74, 6) is 0. The summed E-state index contributed by atoms with van der Waals surface area (Å²) in [5, 5.41) is 0. The van der Waals surface area contributed by atoms with E-state index in [4.69, 9.17) is 0 Å². The van der Waals surface area contributed by atoms with Crippen LogP contribution in [0.25, 0.3) is 22.5 Å². The van der Waals surface area contributed by atoms with Crippen LogP contribution in [0.3, 0.4) is 0 Å². The van der Waals surface area contributed by atoms with Crippen LogP contribution in [0.4, 0.5) is 0 Å². The summed E-state index contributed by atoms with van der Waals surface area (Å²) in [6.07, 6.45) is 7.30. The lowest BCUT2D eigenvalue weighted by molar-refractivity contribution is -0.663. The predicted octanol–water partition coefficient (Wildman–Crippen LogP) is 5.48. The number of hydrogen-bond acceptors (Lipinski definition) is 1. The third-order valence-electron chi connectivity index (χ3n) is 4.89. The lowest BCUT2D eigenvalue weighted by atomic mass is 9.78. The van der Waals surface area contributed by atoms with Crippen LogP contribution in [0.5, 0.6) is 0 Å². The van der Waals surface area contributed by atoms with Crippen LogP contribution < -0.4 is 4.57 Å². The fraction of sp³-hybridized carbons (Fsp3) is 0.250. The van der Waals surface area contributed by atoms with Gasteiger partial charge in [0, 0.05) is 17.2 Å². The van der Waals surface area contributed by atoms with Crippen molar-refractivity contribution < 1.29 is 4.57 Å². The normalized spacial score (nSPS) is 11.8. The maximum atomic E-state index is 4.63. The van der Waals surface area contributed by atoms with E-state index in [-0.39, 0.29) is 5.41 Å². The average molecular weight is 343 g/mol. The molecule has 0 fully saturated rings. The van der Waals surface area contributed by atoms with Crippen LogP contribution >= 0.6 is 0 Å². The van der Waals surface area contributed by atoms with Crippen LogP contribution in [0.1, 0.15) is 32.8 Å². The summed E-state index contributed by atoms with van der Waals surface area (Å²) in [6.45, 7) is 6.70. The Kier molecular flexibility index (Phi) is 5.32. The highest BCUT2D eigenvalue weighted by Crippen LogP contribution is 2.35. The Labute approximate surface area is 156 Å². The van der Waals surface area contributed by atoms with Crippen molar-refractivity contribution in [3.05, 3.63) is 84.7 Å². The minimum Gasteiger partial charge on any atom is -0.232 e. The van der Waals surface area contributed by atoms with Gasteiger partial charge in [0.2, 0.25) is 0 Å². The lowest BCUT2D eigenvalue weighted by Crippen LogP contribution is -2.32. The number of aromatic nitrogens is 2. The second-order valence-electron chi connectivity index (χ2n) is 7.34. The van der Waals surface area contributed by atoms with E-state index < -0.39 is 0 Å². The van der Waals surface area contributed by atoms with Crippen LogP contribution in [-0.2, 0) is 12.5 Å². The Bertz CT molecular complexity index is 909. The molecule has 132 valence electrons. The smallest absolute Gasteiger partial charge is 0.232 e. The third-order valence-corrected chi connectivity index (χ3v) is 4.89. The monoisotopic (exact) mass is 343 g/mol. The predicted molar refractivity (Wildman–Crippen MR) is 109 cm³/mol. The van der Waals surface area contributed by atoms with E-state index in [1.54, 1.807) is 0 Å². The van der Waals surface area contributed by atoms with Gasteiger partial charge in [-0.2, -0.15) is 0 Å². The Morgan fingerprint density at radius 1 is 1.00 bits per heavy atom. The van der Waals surface area contributed by atoms with Crippen molar-refractivity contribution in [3.63, 3.8) is 0 Å². The molecule has 0 aliphatic carbocycles. The van der Waals surface area contributed by atoms with Gasteiger partial charge in [0.05, 0.1) is 7.05 Å². The van der Waals surface area contributed by atoms with Crippen LogP contribution in [0, 0.1) is 0 Å². The molecule has 3 rings (SSSR count). The van der Waals surface area contributed by atoms with Gasteiger partial charge in [0.15, 0.2) is 5.69 Å². The molecule has 0 N–H and O–H groups in total. The second kappa shape index (κ2) is 7.65. The maximum absolute atomic E-state index is 4.63. The zero-order chi connectivity index (χ0) is 18.6. The molecular formula is C24H27N2+. The van der Waals surface area contributed by atoms with E-state index in [2.05, 4.69) is 104 Å². The van der Waals surface area contributed by atoms with Crippen molar-refractivity contribution >= 4 is 0 Å². The zero-order valence-corrected chi connectivity index (χ0v) is 16.1. The van der Waals surface area contributed by atoms with Gasteiger partial charge in [-0.1, -0.05) is 80.6 Å². The van der Waals surface area contributed by atoms with E-state index in [0.717, 1.165) is 17.7 Å². The summed E-state index contributed by atoms with van der Waals surface area (Å²) in [6, 6.07) is 21.3. The molecule has 0 bridgehead atoms. The zero-order valence-electron chi connectivity index (χ0n) is 16.1. The van der Waals surface area contributed by atoms with Crippen LogP contribution in [0.15, 0.2) is 79.1 Å². The minimum absolute atomic E-state index is 0.0618. The second-order valence-corrected chi connectivity index (χ2v) is 7.34. The molecule has 0 radical (unpaired) electrons. The first-order chi connectivity index (χ1) is 12.5. The molecule has 0 atom stereocenters. The van der Waals surface area contributed by atoms with Gasteiger partial charge in [-0.3, -0.25) is 0 Å². The quantitative estimate of drug-likeness (QED) is 0.442. The molecule has 3 aromatic rings. The molecule has 0 saturated carbocycles. The first-order valence-corrected chi connectivity index (χ1v) is 9.15. The summed E-state index contributed by atoms with van der Waals surface area (Å²) < 4.78 is 2.11. The molecule has 0 saturated heterocycles. The molecule has 0 amide bonds. The van der Waals surface area contributed by atoms with Gasteiger partial charge in [-0.15, -0.1) is 0 Å². The standard InChI is InChI=1S/C24H27N2/c1-5-6-16-24(2,3)21-15-11-10-14-20(21)23-17-22(25-18-26(23)4)19-12-8-7-9-13-19/h5-15,17-18H,16H2,1-4H3/q+1. The topological polar surface area (TPSA) is 16.8 Å². The summed E-state index contributed by atoms with van der Waals surface area (Å²) in [5.41, 5.74) is 6.01. The van der Waals surface area contributed by atoms with Crippen molar-refractivity contribution in [2.45, 2.75) is 32.6 Å². The van der Waals surface area contributed by atoms with Crippen LogP contribution in [0.2, 0.25) is 0 Å². The first-order valence-electron chi connectivity index (χ1n) is 9.15. The maximum Gasteiger partial charge on any atom is 0.287 e. The molecule has 0 spiro atoms. The largest absolute Gasteiger partial charge is 0.287 e. The number of hydrogen-bond donors (Lipinski definition) is 0. The number of aryl methyl sites for hydroxylation is 1. The van der Waals surface area contributed by atoms with E-state index in [1.165, 1.54) is 16.8 Å². The van der Waals surface area contributed by atoms with Crippen molar-refractivity contribution in [3.8, 4) is 22.5 Å². The molecule has 1 aromatic heterocycles. The number of nitrogens with zero attached hydrogens (tertiary/aromatic N) is 2. The number of rotatable bonds is 5. The average Bonchev–Trinajstić information content (AvgIpc) is 2.67. The molecule has 2 nitrogen and oxygen atoms in total. The summed E-state index contributed by atoms with van der Waals surface area (Å²) in [7, 11) is 2.06. The summed E-state index contributed by atoms with van der Waals surface area (Å²) >= 11 is 0. The summed E-state index contributed by atoms with van der Waals surface area (Å²) in [4.78, 5) is 4.63. The van der Waals surface area contributed by atoms with E-state index in [9.17, 15) is 0 Å². The molecule has 2 aromatic carbocycles. The molecule has 2 heteroatoms. The minimum atomic E-state index is 0.0618. The van der Waals surface area contributed by atoms with Crippen molar-refractivity contribution in [1.29, 1.82) is 0 Å². The van der Waals surface area contributed by atoms with Gasteiger partial charge in [0.1, 0.15) is 5.69 Å². The Hall–Kier alpha value is -2.74. The first kappa shape index (κ1) is 18.1. The highest BCUT2D eigenvalue weighted by Gasteiger charge is 2.25. The van der Waals surface area contributed by atoms with Gasteiger partial charge < -0.3 is 0 Å². The van der Waals surface area contributed by atoms with Crippen molar-refractivity contribution in [2.24, 2.45) is 7.05 Å². The Balaban J connectivity index is 2.13. The van der Waals surface area contributed by atoms with Gasteiger partial charge in [0.25, 0.3) is 6.33 Å². The lowest BCUT2D eigenvalue weighted by Gasteiger charge is -2.26. The Morgan fingerprint density at radius 3 is 2.42 bits per heavy atom. The van der Waals surface area contributed by atoms with Gasteiger partial charge >= 0.3 is 0 Å². The van der Waals surface area contributed by atoms with Gasteiger partial charge in [-0.05, 0) is 29.3 Å². The fourth-order valence-electron chi connectivity index (χ4n) is 3.33. The Morgan fingerprint density at radius 2 is 1.69 bits per heavy atom. The molecule has 0 aliphatic rings. The highest BCUT2D eigenvalue weighted by molar-refractivity contribution is 5.68. The molecular weight excluding hydrogens is 316 g/mol. The third kappa shape index (κ3) is 3.75. The molecule has 1 heterocycles. The van der Waals surface area contributed by atoms with E-state index >= 15 is 0 Å². The highest BCUT2D eigenvalue weighted by atomic mass is 15.0. The fourth-order valence-corrected chi connectivity index (χ4v) is 3.33. The van der Waals surface area contributed by atoms with Crippen LogP contribution in [-0.4, -0.2) is 4.98 Å². The van der Waals surface area contributed by atoms with Crippen molar-refractivity contribution in [2.75, 3.05) is 0 Å². The number of allylic oxidation sites excluding steroid dienone is 2. The number of benzene rings is 2. The SMILES string of the molecule is CC=CCC(C)(C)c1ccccc1-c1cc(-c2ccccc2)nc[n+]1C. The molecule has 26 heavy (non-hydrogen) atoms. The molecule has 0 aliphatic heterocycles. The van der Waals surface area contributed by atoms with Crippen molar-refractivity contribution in [1.82, 2.24) is 4.98 Å². The van der Waals surface area contributed by atoms with Gasteiger partial charge in [-0.25, -0.2) is 4.57 Å². The van der Waals surface area contributed by atoms with E-state index in [0.29, 0.717) is 0 Å². The molecule has 0 unspecified atom stereocenters. The van der Waals surface area contributed by atoms with E-state index in [1.807, 2.05) is 12.4 Å².